The smallest absolute Gasteiger partial charge is 0.0951 e. The molecule has 0 radical (unpaired) electrons. The molecule has 1 aliphatic rings. The van der Waals surface area contributed by atoms with Crippen LogP contribution in [0, 0.1) is 0 Å². The van der Waals surface area contributed by atoms with Crippen LogP contribution in [0.5, 0.6) is 0 Å². The van der Waals surface area contributed by atoms with E-state index >= 15 is 0 Å². The molecule has 0 fully saturated rings. The first kappa shape index (κ1) is 17.9. The van der Waals surface area contributed by atoms with Crippen molar-refractivity contribution in [1.29, 1.82) is 0 Å². The maximum atomic E-state index is 5.82. The minimum atomic E-state index is 0. The fourth-order valence-corrected chi connectivity index (χ4v) is 2.60. The number of benzene rings is 1. The normalized spacial score (nSPS) is 16.3. The van der Waals surface area contributed by atoms with Crippen LogP contribution in [0.25, 0.3) is 11.1 Å². The molecule has 1 atom stereocenters. The summed E-state index contributed by atoms with van der Waals surface area (Å²) in [6, 6.07) is 10.7. The average molecular weight is 327 g/mol. The Morgan fingerprint density at radius 3 is 2.81 bits per heavy atom. The lowest BCUT2D eigenvalue weighted by Gasteiger charge is -2.26. The van der Waals surface area contributed by atoms with E-state index in [0.717, 1.165) is 19.6 Å². The maximum Gasteiger partial charge on any atom is 0.0951 e. The van der Waals surface area contributed by atoms with Gasteiger partial charge in [-0.05, 0) is 41.8 Å². The van der Waals surface area contributed by atoms with Crippen molar-refractivity contribution in [1.82, 2.24) is 10.3 Å². The summed E-state index contributed by atoms with van der Waals surface area (Å²) in [5.74, 6) is 0. The fraction of sp³-hybridized carbons (Fsp3) is 0.312. The summed E-state index contributed by atoms with van der Waals surface area (Å²) in [6.07, 6.45) is 4.88. The molecule has 3 nitrogen and oxygen atoms in total. The zero-order valence-corrected chi connectivity index (χ0v) is 13.5. The fourth-order valence-electron chi connectivity index (χ4n) is 2.60. The van der Waals surface area contributed by atoms with Gasteiger partial charge in [0.05, 0.1) is 12.7 Å². The highest BCUT2D eigenvalue weighted by Crippen LogP contribution is 2.30. The Kier molecular flexibility index (Phi) is 7.12. The molecule has 3 rings (SSSR count). The van der Waals surface area contributed by atoms with Gasteiger partial charge in [0, 0.05) is 18.9 Å². The van der Waals surface area contributed by atoms with E-state index in [0.29, 0.717) is 0 Å². The highest BCUT2D eigenvalue weighted by Gasteiger charge is 2.20. The third-order valence-electron chi connectivity index (χ3n) is 3.56. The molecule has 2 aromatic rings. The number of ether oxygens (including phenoxy) is 1. The monoisotopic (exact) mass is 326 g/mol. The van der Waals surface area contributed by atoms with Crippen molar-refractivity contribution in [3.8, 4) is 11.1 Å². The average Bonchev–Trinajstić information content (AvgIpc) is 2.48. The van der Waals surface area contributed by atoms with Gasteiger partial charge in [-0.2, -0.15) is 0 Å². The minimum absolute atomic E-state index is 0. The predicted molar refractivity (Wildman–Crippen MR) is 90.5 cm³/mol. The summed E-state index contributed by atoms with van der Waals surface area (Å²) in [6.45, 7) is 1.66. The van der Waals surface area contributed by atoms with E-state index in [1.165, 1.54) is 22.3 Å². The zero-order valence-electron chi connectivity index (χ0n) is 11.9. The van der Waals surface area contributed by atoms with Crippen LogP contribution in [-0.2, 0) is 11.2 Å². The van der Waals surface area contributed by atoms with E-state index in [1.807, 2.05) is 19.3 Å². The maximum absolute atomic E-state index is 5.82. The molecule has 0 amide bonds. The predicted octanol–water partition coefficient (Wildman–Crippen LogP) is 3.43. The number of halogens is 2. The molecule has 0 saturated heterocycles. The first-order valence-corrected chi connectivity index (χ1v) is 6.68. The van der Waals surface area contributed by atoms with Crippen molar-refractivity contribution in [3.05, 3.63) is 53.9 Å². The first-order chi connectivity index (χ1) is 9.38. The Balaban J connectivity index is 0.00000110. The first-order valence-electron chi connectivity index (χ1n) is 6.68. The molecule has 1 aromatic carbocycles. The van der Waals surface area contributed by atoms with Gasteiger partial charge in [-0.3, -0.25) is 4.98 Å². The molecule has 114 valence electrons. The highest BCUT2D eigenvalue weighted by molar-refractivity contribution is 5.85. The molecular formula is C16H20Cl2N2O. The molecule has 5 heteroatoms. The van der Waals surface area contributed by atoms with Crippen LogP contribution in [0.4, 0.5) is 0 Å². The van der Waals surface area contributed by atoms with Crippen LogP contribution in [0.3, 0.4) is 0 Å². The lowest BCUT2D eigenvalue weighted by atomic mass is 9.93. The molecule has 0 spiro atoms. The number of aromatic nitrogens is 1. The Labute approximate surface area is 137 Å². The number of likely N-dealkylation sites (N-methyl/N-ethyl adjacent to an activating group) is 1. The van der Waals surface area contributed by atoms with E-state index < -0.39 is 0 Å². The SMILES string of the molecule is CNCC1OCCc2cc(-c3cccnc3)ccc21.Cl.Cl. The second kappa shape index (κ2) is 8.35. The molecule has 0 bridgehead atoms. The van der Waals surface area contributed by atoms with Gasteiger partial charge in [-0.25, -0.2) is 0 Å². The van der Waals surface area contributed by atoms with Crippen LogP contribution < -0.4 is 5.32 Å². The van der Waals surface area contributed by atoms with Gasteiger partial charge in [0.1, 0.15) is 0 Å². The van der Waals surface area contributed by atoms with Crippen molar-refractivity contribution in [2.45, 2.75) is 12.5 Å². The van der Waals surface area contributed by atoms with Crippen molar-refractivity contribution in [3.63, 3.8) is 0 Å². The molecule has 1 N–H and O–H groups in total. The number of hydrogen-bond donors (Lipinski definition) is 1. The number of pyridine rings is 1. The van der Waals surface area contributed by atoms with E-state index in [-0.39, 0.29) is 30.9 Å². The van der Waals surface area contributed by atoms with Crippen molar-refractivity contribution < 1.29 is 4.74 Å². The number of hydrogen-bond acceptors (Lipinski definition) is 3. The molecule has 2 heterocycles. The Bertz CT molecular complexity index is 563. The Morgan fingerprint density at radius 2 is 2.10 bits per heavy atom. The largest absolute Gasteiger partial charge is 0.372 e. The summed E-state index contributed by atoms with van der Waals surface area (Å²) in [7, 11) is 1.96. The van der Waals surface area contributed by atoms with E-state index in [2.05, 4.69) is 34.6 Å². The van der Waals surface area contributed by atoms with Crippen LogP contribution in [0.15, 0.2) is 42.7 Å². The van der Waals surface area contributed by atoms with Crippen molar-refractivity contribution in [2.75, 3.05) is 20.2 Å². The van der Waals surface area contributed by atoms with Gasteiger partial charge in [0.25, 0.3) is 0 Å². The molecule has 0 saturated carbocycles. The summed E-state index contributed by atoms with van der Waals surface area (Å²) in [5, 5.41) is 3.19. The van der Waals surface area contributed by atoms with Gasteiger partial charge in [-0.15, -0.1) is 24.8 Å². The zero-order chi connectivity index (χ0) is 13.1. The van der Waals surface area contributed by atoms with Crippen LogP contribution in [-0.4, -0.2) is 25.2 Å². The van der Waals surface area contributed by atoms with Crippen LogP contribution >= 0.6 is 24.8 Å². The van der Waals surface area contributed by atoms with Crippen molar-refractivity contribution in [2.24, 2.45) is 0 Å². The second-order valence-electron chi connectivity index (χ2n) is 4.82. The standard InChI is InChI=1S/C16H18N2O.2ClH/c1-17-11-16-15-5-4-12(9-13(15)6-8-19-16)14-3-2-7-18-10-14;;/h2-5,7,9-10,16-17H,6,8,11H2,1H3;2*1H. The number of nitrogens with zero attached hydrogens (tertiary/aromatic N) is 1. The third-order valence-corrected chi connectivity index (χ3v) is 3.56. The van der Waals surface area contributed by atoms with Crippen molar-refractivity contribution >= 4 is 24.8 Å². The molecule has 0 aliphatic carbocycles. The van der Waals surface area contributed by atoms with Crippen LogP contribution in [0.2, 0.25) is 0 Å². The van der Waals surface area contributed by atoms with Gasteiger partial charge in [-0.1, -0.05) is 24.3 Å². The molecular weight excluding hydrogens is 307 g/mol. The van der Waals surface area contributed by atoms with Gasteiger partial charge in [0.2, 0.25) is 0 Å². The molecule has 1 aliphatic heterocycles. The minimum Gasteiger partial charge on any atom is -0.372 e. The Hall–Kier alpha value is -1.13. The summed E-state index contributed by atoms with van der Waals surface area (Å²) in [5.41, 5.74) is 5.11. The summed E-state index contributed by atoms with van der Waals surface area (Å²) >= 11 is 0. The van der Waals surface area contributed by atoms with E-state index in [4.69, 9.17) is 4.74 Å². The summed E-state index contributed by atoms with van der Waals surface area (Å²) in [4.78, 5) is 4.18. The van der Waals surface area contributed by atoms with E-state index in [9.17, 15) is 0 Å². The van der Waals surface area contributed by atoms with Gasteiger partial charge in [0.15, 0.2) is 0 Å². The molecule has 1 unspecified atom stereocenters. The lowest BCUT2D eigenvalue weighted by molar-refractivity contribution is 0.0439. The quantitative estimate of drug-likeness (QED) is 0.938. The third kappa shape index (κ3) is 3.95. The molecule has 1 aromatic heterocycles. The van der Waals surface area contributed by atoms with Gasteiger partial charge < -0.3 is 10.1 Å². The lowest BCUT2D eigenvalue weighted by Crippen LogP contribution is -2.25. The second-order valence-corrected chi connectivity index (χ2v) is 4.82. The Morgan fingerprint density at radius 1 is 1.24 bits per heavy atom. The molecule has 21 heavy (non-hydrogen) atoms. The van der Waals surface area contributed by atoms with Gasteiger partial charge >= 0.3 is 0 Å². The highest BCUT2D eigenvalue weighted by atomic mass is 35.5. The van der Waals surface area contributed by atoms with Crippen LogP contribution in [0.1, 0.15) is 17.2 Å². The summed E-state index contributed by atoms with van der Waals surface area (Å²) < 4.78 is 5.82. The van der Waals surface area contributed by atoms with E-state index in [1.54, 1.807) is 6.20 Å². The number of nitrogens with one attached hydrogen (secondary N) is 1. The number of fused-ring (bicyclic) bond motifs is 1. The number of rotatable bonds is 3. The topological polar surface area (TPSA) is 34.1 Å².